The molecule has 0 amide bonds. The van der Waals surface area contributed by atoms with Crippen molar-refractivity contribution in [1.82, 2.24) is 0 Å². The number of carbonyl (C=O) groups is 1. The van der Waals surface area contributed by atoms with Crippen molar-refractivity contribution < 1.29 is 14.3 Å². The third-order valence-corrected chi connectivity index (χ3v) is 2.08. The molecule has 0 aromatic rings. The quantitative estimate of drug-likeness (QED) is 0.699. The first-order valence-electron chi connectivity index (χ1n) is 4.28. The summed E-state index contributed by atoms with van der Waals surface area (Å²) in [6.45, 7) is 5.31. The van der Waals surface area contributed by atoms with Crippen LogP contribution in [-0.2, 0) is 4.79 Å². The Hall–Kier alpha value is -0.600. The van der Waals surface area contributed by atoms with E-state index in [-0.39, 0.29) is 0 Å². The number of aliphatic carboxylic acids is 1. The van der Waals surface area contributed by atoms with E-state index in [1.807, 2.05) is 6.92 Å². The highest BCUT2D eigenvalue weighted by Crippen LogP contribution is 2.29. The summed E-state index contributed by atoms with van der Waals surface area (Å²) in [6.07, 6.45) is 0.719. The molecule has 0 aliphatic heterocycles. The van der Waals surface area contributed by atoms with E-state index in [9.17, 15) is 9.18 Å². The van der Waals surface area contributed by atoms with Crippen molar-refractivity contribution in [3.05, 3.63) is 0 Å². The maximum Gasteiger partial charge on any atom is 0.338 e. The zero-order valence-electron chi connectivity index (χ0n) is 7.93. The minimum atomic E-state index is -1.75. The van der Waals surface area contributed by atoms with E-state index >= 15 is 0 Å². The molecule has 0 saturated carbocycles. The number of alkyl halides is 1. The van der Waals surface area contributed by atoms with Crippen LogP contribution in [0.4, 0.5) is 4.39 Å². The van der Waals surface area contributed by atoms with Crippen LogP contribution in [0.2, 0.25) is 0 Å². The van der Waals surface area contributed by atoms with Gasteiger partial charge in [0.2, 0.25) is 6.17 Å². The van der Waals surface area contributed by atoms with Crippen molar-refractivity contribution in [3.8, 4) is 0 Å². The van der Waals surface area contributed by atoms with Gasteiger partial charge in [-0.3, -0.25) is 0 Å². The third kappa shape index (κ3) is 3.20. The van der Waals surface area contributed by atoms with Crippen LogP contribution in [0.1, 0.15) is 40.0 Å². The molecule has 0 radical (unpaired) electrons. The van der Waals surface area contributed by atoms with Gasteiger partial charge in [0.15, 0.2) is 0 Å². The summed E-state index contributed by atoms with van der Waals surface area (Å²) in [4.78, 5) is 10.3. The molecule has 1 N–H and O–H groups in total. The van der Waals surface area contributed by atoms with E-state index in [2.05, 4.69) is 0 Å². The highest BCUT2D eigenvalue weighted by Gasteiger charge is 2.34. The largest absolute Gasteiger partial charge is 0.479 e. The van der Waals surface area contributed by atoms with E-state index in [0.29, 0.717) is 6.42 Å². The van der Waals surface area contributed by atoms with Crippen LogP contribution in [-0.4, -0.2) is 17.2 Å². The lowest BCUT2D eigenvalue weighted by molar-refractivity contribution is -0.147. The smallest absolute Gasteiger partial charge is 0.338 e. The predicted molar refractivity (Wildman–Crippen MR) is 45.8 cm³/mol. The van der Waals surface area contributed by atoms with Crippen molar-refractivity contribution >= 4 is 5.97 Å². The van der Waals surface area contributed by atoms with Crippen molar-refractivity contribution in [1.29, 1.82) is 0 Å². The number of halogens is 1. The highest BCUT2D eigenvalue weighted by atomic mass is 19.1. The molecule has 0 rings (SSSR count). The Kier molecular flexibility index (Phi) is 4.21. The monoisotopic (exact) mass is 176 g/mol. The van der Waals surface area contributed by atoms with E-state index in [4.69, 9.17) is 5.11 Å². The molecule has 0 fully saturated rings. The molecule has 0 aromatic heterocycles. The zero-order chi connectivity index (χ0) is 9.78. The van der Waals surface area contributed by atoms with Crippen molar-refractivity contribution in [2.45, 2.75) is 46.2 Å². The van der Waals surface area contributed by atoms with Crippen LogP contribution in [0.25, 0.3) is 0 Å². The Morgan fingerprint density at radius 2 is 2.08 bits per heavy atom. The van der Waals surface area contributed by atoms with Crippen LogP contribution in [0.15, 0.2) is 0 Å². The lowest BCUT2D eigenvalue weighted by atomic mass is 9.82. The summed E-state index contributed by atoms with van der Waals surface area (Å²) >= 11 is 0. The minimum absolute atomic E-state index is 0.622. The van der Waals surface area contributed by atoms with E-state index in [1.165, 1.54) is 0 Å². The Bertz CT molecular complexity index is 155. The molecule has 0 spiro atoms. The molecule has 12 heavy (non-hydrogen) atoms. The van der Waals surface area contributed by atoms with Crippen LogP contribution in [0, 0.1) is 5.41 Å². The van der Waals surface area contributed by atoms with E-state index in [0.717, 1.165) is 12.8 Å². The van der Waals surface area contributed by atoms with Crippen molar-refractivity contribution in [2.75, 3.05) is 0 Å². The van der Waals surface area contributed by atoms with Gasteiger partial charge in [0.25, 0.3) is 0 Å². The highest BCUT2D eigenvalue weighted by molar-refractivity contribution is 5.73. The molecule has 72 valence electrons. The average molecular weight is 176 g/mol. The standard InChI is InChI=1S/C9H17FO2/c1-4-5-6-9(2,3)7(10)8(11)12/h7H,4-6H2,1-3H3,(H,11,12). The molecule has 2 nitrogen and oxygen atoms in total. The first-order valence-corrected chi connectivity index (χ1v) is 4.28. The topological polar surface area (TPSA) is 37.3 Å². The third-order valence-electron chi connectivity index (χ3n) is 2.08. The lowest BCUT2D eigenvalue weighted by Gasteiger charge is -2.25. The average Bonchev–Trinajstić information content (AvgIpc) is 1.99. The molecule has 1 atom stereocenters. The van der Waals surface area contributed by atoms with Gasteiger partial charge in [-0.05, 0) is 6.42 Å². The van der Waals surface area contributed by atoms with Gasteiger partial charge in [-0.25, -0.2) is 9.18 Å². The summed E-state index contributed by atoms with van der Waals surface area (Å²) in [5, 5.41) is 8.44. The molecule has 0 aliphatic carbocycles. The fourth-order valence-electron chi connectivity index (χ4n) is 1.09. The molecule has 0 aliphatic rings. The van der Waals surface area contributed by atoms with Crippen molar-refractivity contribution in [2.24, 2.45) is 5.41 Å². The molecule has 0 aromatic carbocycles. The Balaban J connectivity index is 4.08. The van der Waals surface area contributed by atoms with E-state index < -0.39 is 17.6 Å². The van der Waals surface area contributed by atoms with Gasteiger partial charge >= 0.3 is 5.97 Å². The van der Waals surface area contributed by atoms with Gasteiger partial charge in [0, 0.05) is 5.41 Å². The summed E-state index contributed by atoms with van der Waals surface area (Å²) in [5.41, 5.74) is -0.734. The number of rotatable bonds is 5. The summed E-state index contributed by atoms with van der Waals surface area (Å²) in [6, 6.07) is 0. The molecule has 0 heterocycles. The molecular formula is C9H17FO2. The Labute approximate surface area is 72.8 Å². The number of unbranched alkanes of at least 4 members (excludes halogenated alkanes) is 1. The summed E-state index contributed by atoms with van der Waals surface area (Å²) < 4.78 is 13.0. The van der Waals surface area contributed by atoms with Gasteiger partial charge in [0.05, 0.1) is 0 Å². The molecule has 3 heteroatoms. The number of hydrogen-bond donors (Lipinski definition) is 1. The first-order chi connectivity index (χ1) is 5.41. The Morgan fingerprint density at radius 3 is 2.42 bits per heavy atom. The van der Waals surface area contributed by atoms with Gasteiger partial charge in [-0.2, -0.15) is 0 Å². The van der Waals surface area contributed by atoms with Gasteiger partial charge in [-0.1, -0.05) is 33.6 Å². The fraction of sp³-hybridized carbons (Fsp3) is 0.889. The van der Waals surface area contributed by atoms with E-state index in [1.54, 1.807) is 13.8 Å². The SMILES string of the molecule is CCCCC(C)(C)C(F)C(=O)O. The summed E-state index contributed by atoms with van der Waals surface area (Å²) in [5.74, 6) is -1.35. The van der Waals surface area contributed by atoms with Gasteiger partial charge in [-0.15, -0.1) is 0 Å². The second kappa shape index (κ2) is 4.43. The second-order valence-electron chi connectivity index (χ2n) is 3.79. The summed E-state index contributed by atoms with van der Waals surface area (Å²) in [7, 11) is 0. The molecule has 0 bridgehead atoms. The molecular weight excluding hydrogens is 159 g/mol. The first kappa shape index (κ1) is 11.4. The zero-order valence-corrected chi connectivity index (χ0v) is 7.93. The number of hydrogen-bond acceptors (Lipinski definition) is 1. The molecule has 0 saturated heterocycles. The lowest BCUT2D eigenvalue weighted by Crippen LogP contribution is -2.32. The molecule has 1 unspecified atom stereocenters. The number of carboxylic acid groups (broad SMARTS) is 1. The predicted octanol–water partition coefficient (Wildman–Crippen LogP) is 2.63. The van der Waals surface area contributed by atoms with Gasteiger partial charge < -0.3 is 5.11 Å². The minimum Gasteiger partial charge on any atom is -0.479 e. The van der Waals surface area contributed by atoms with Crippen molar-refractivity contribution in [3.63, 3.8) is 0 Å². The van der Waals surface area contributed by atoms with Gasteiger partial charge in [0.1, 0.15) is 0 Å². The Morgan fingerprint density at radius 1 is 1.58 bits per heavy atom. The second-order valence-corrected chi connectivity index (χ2v) is 3.79. The fourth-order valence-corrected chi connectivity index (χ4v) is 1.09. The normalized spacial score (nSPS) is 14.3. The van der Waals surface area contributed by atoms with Crippen LogP contribution in [0.3, 0.4) is 0 Å². The van der Waals surface area contributed by atoms with Crippen LogP contribution in [0.5, 0.6) is 0 Å². The maximum atomic E-state index is 13.0. The van der Waals surface area contributed by atoms with Crippen LogP contribution < -0.4 is 0 Å². The number of carboxylic acids is 1. The maximum absolute atomic E-state index is 13.0. The van der Waals surface area contributed by atoms with Crippen LogP contribution >= 0.6 is 0 Å².